The third-order valence-corrected chi connectivity index (χ3v) is 5.56. The lowest BCUT2D eigenvalue weighted by molar-refractivity contribution is -0.154. The van der Waals surface area contributed by atoms with Crippen LogP contribution in [0.2, 0.25) is 0 Å². The molecule has 0 saturated carbocycles. The van der Waals surface area contributed by atoms with Crippen LogP contribution in [0.1, 0.15) is 40.5 Å². The van der Waals surface area contributed by atoms with E-state index in [0.717, 1.165) is 0 Å². The summed E-state index contributed by atoms with van der Waals surface area (Å²) < 4.78 is 16.4. The van der Waals surface area contributed by atoms with Crippen molar-refractivity contribution in [3.63, 3.8) is 0 Å². The van der Waals surface area contributed by atoms with E-state index in [1.807, 2.05) is 6.92 Å². The summed E-state index contributed by atoms with van der Waals surface area (Å²) in [6, 6.07) is 0. The topological polar surface area (TPSA) is 119 Å². The summed E-state index contributed by atoms with van der Waals surface area (Å²) >= 11 is 0. The van der Waals surface area contributed by atoms with Gasteiger partial charge in [-0.15, -0.1) is 0 Å². The molecule has 30 heavy (non-hydrogen) atoms. The molecule has 1 heterocycles. The molecular formula is C22H30O8. The smallest absolute Gasteiger partial charge is 0.334 e. The molecule has 8 nitrogen and oxygen atoms in total. The molecule has 1 aliphatic heterocycles. The van der Waals surface area contributed by atoms with Crippen LogP contribution in [0.4, 0.5) is 0 Å². The van der Waals surface area contributed by atoms with Crippen LogP contribution in [-0.4, -0.2) is 59.1 Å². The number of ether oxygens (including phenoxy) is 3. The average molecular weight is 422 g/mol. The summed E-state index contributed by atoms with van der Waals surface area (Å²) in [6.07, 6.45) is -0.0639. The molecule has 0 amide bonds. The van der Waals surface area contributed by atoms with Crippen LogP contribution < -0.4 is 0 Å². The third kappa shape index (κ3) is 5.37. The zero-order chi connectivity index (χ0) is 22.6. The monoisotopic (exact) mass is 422 g/mol. The average Bonchev–Trinajstić information content (AvgIpc) is 2.96. The van der Waals surface area contributed by atoms with E-state index in [1.165, 1.54) is 13.0 Å². The predicted octanol–water partition coefficient (Wildman–Crippen LogP) is 1.60. The van der Waals surface area contributed by atoms with Crippen LogP contribution >= 0.6 is 0 Å². The Hall–Kier alpha value is -2.45. The zero-order valence-electron chi connectivity index (χ0n) is 17.8. The van der Waals surface area contributed by atoms with Gasteiger partial charge in [0.05, 0.1) is 24.5 Å². The van der Waals surface area contributed by atoms with Gasteiger partial charge >= 0.3 is 17.9 Å². The molecule has 8 heteroatoms. The van der Waals surface area contributed by atoms with Crippen molar-refractivity contribution < 1.29 is 38.8 Å². The quantitative estimate of drug-likeness (QED) is 0.297. The Labute approximate surface area is 176 Å². The lowest BCUT2D eigenvalue weighted by Gasteiger charge is -2.29. The first-order valence-electron chi connectivity index (χ1n) is 10.0. The number of rotatable bonds is 5. The van der Waals surface area contributed by atoms with Gasteiger partial charge in [-0.2, -0.15) is 0 Å². The van der Waals surface area contributed by atoms with Crippen LogP contribution in [0.25, 0.3) is 0 Å². The lowest BCUT2D eigenvalue weighted by Crippen LogP contribution is -2.36. The Kier molecular flexibility index (Phi) is 7.97. The minimum atomic E-state index is -1.03. The predicted molar refractivity (Wildman–Crippen MR) is 107 cm³/mol. The molecule has 2 rings (SSSR count). The van der Waals surface area contributed by atoms with Gasteiger partial charge in [-0.25, -0.2) is 4.79 Å². The van der Waals surface area contributed by atoms with Crippen molar-refractivity contribution >= 4 is 17.9 Å². The highest BCUT2D eigenvalue weighted by atomic mass is 16.6. The van der Waals surface area contributed by atoms with Crippen LogP contribution in [0.3, 0.4) is 0 Å². The Morgan fingerprint density at radius 1 is 1.33 bits per heavy atom. The Morgan fingerprint density at radius 3 is 2.57 bits per heavy atom. The van der Waals surface area contributed by atoms with Crippen LogP contribution in [0.5, 0.6) is 0 Å². The summed E-state index contributed by atoms with van der Waals surface area (Å²) in [4.78, 5) is 36.2. The van der Waals surface area contributed by atoms with E-state index in [1.54, 1.807) is 19.9 Å². The number of hydrogen-bond donors (Lipinski definition) is 2. The molecule has 2 N–H and O–H groups in total. The first-order valence-corrected chi connectivity index (χ1v) is 10.0. The molecular weight excluding hydrogens is 392 g/mol. The van der Waals surface area contributed by atoms with Crippen LogP contribution in [-0.2, 0) is 28.6 Å². The fourth-order valence-corrected chi connectivity index (χ4v) is 3.47. The van der Waals surface area contributed by atoms with Crippen LogP contribution in [0, 0.1) is 11.8 Å². The largest absolute Gasteiger partial charge is 0.458 e. The van der Waals surface area contributed by atoms with Gasteiger partial charge in [-0.05, 0) is 36.6 Å². The zero-order valence-corrected chi connectivity index (χ0v) is 17.8. The fourth-order valence-electron chi connectivity index (χ4n) is 3.47. The number of fused-ring (bicyclic) bond motifs is 1. The molecule has 0 radical (unpaired) electrons. The SMILES string of the molecule is C=C1C(=O)O[C@@H]2/C=C(/CO)[C@@H](OC(C)=O)C[C@@H](O)/C(C)=C\[C@@H](OC(=O)[C@H](C)CC)[C@@H]12. The Balaban J connectivity index is 2.53. The van der Waals surface area contributed by atoms with Crippen molar-refractivity contribution in [2.75, 3.05) is 6.61 Å². The van der Waals surface area contributed by atoms with E-state index in [-0.39, 0.29) is 23.5 Å². The van der Waals surface area contributed by atoms with Crippen molar-refractivity contribution in [3.05, 3.63) is 35.5 Å². The molecule has 6 atom stereocenters. The third-order valence-electron chi connectivity index (χ3n) is 5.56. The lowest BCUT2D eigenvalue weighted by atomic mass is 9.85. The summed E-state index contributed by atoms with van der Waals surface area (Å²) in [7, 11) is 0. The molecule has 0 aromatic rings. The maximum absolute atomic E-state index is 12.5. The first kappa shape index (κ1) is 23.8. The van der Waals surface area contributed by atoms with Crippen molar-refractivity contribution in [2.24, 2.45) is 11.8 Å². The highest BCUT2D eigenvalue weighted by Gasteiger charge is 2.45. The van der Waals surface area contributed by atoms with Crippen molar-refractivity contribution in [2.45, 2.75) is 65.0 Å². The van der Waals surface area contributed by atoms with Gasteiger partial charge in [-0.1, -0.05) is 20.4 Å². The van der Waals surface area contributed by atoms with E-state index < -0.39 is 54.8 Å². The molecule has 166 valence electrons. The second-order valence-electron chi connectivity index (χ2n) is 7.79. The second kappa shape index (κ2) is 10.0. The van der Waals surface area contributed by atoms with E-state index in [9.17, 15) is 24.6 Å². The van der Waals surface area contributed by atoms with Crippen molar-refractivity contribution in [1.82, 2.24) is 0 Å². The number of aliphatic hydroxyl groups is 2. The van der Waals surface area contributed by atoms with Gasteiger partial charge in [0.2, 0.25) is 0 Å². The highest BCUT2D eigenvalue weighted by Crippen LogP contribution is 2.36. The Bertz CT molecular complexity index is 765. The van der Waals surface area contributed by atoms with Crippen molar-refractivity contribution in [3.8, 4) is 0 Å². The molecule has 1 fully saturated rings. The molecule has 2 aliphatic rings. The number of carbonyl (C=O) groups excluding carboxylic acids is 3. The summed E-state index contributed by atoms with van der Waals surface area (Å²) in [5.74, 6) is -2.74. The normalized spacial score (nSPS) is 33.9. The Morgan fingerprint density at radius 2 is 2.00 bits per heavy atom. The molecule has 0 spiro atoms. The fraction of sp³-hybridized carbons (Fsp3) is 0.591. The molecule has 0 aromatic carbocycles. The van der Waals surface area contributed by atoms with E-state index in [2.05, 4.69) is 6.58 Å². The number of esters is 3. The molecule has 1 aliphatic carbocycles. The number of aliphatic hydroxyl groups excluding tert-OH is 2. The minimum absolute atomic E-state index is 0.00733. The molecule has 0 aromatic heterocycles. The standard InChI is InChI=1S/C22H30O8/c1-6-11(2)21(26)29-18-7-12(3)16(25)9-17(28-14(5)24)15(10-23)8-19-20(18)13(4)22(27)30-19/h7-8,11,16-20,23,25H,4,6,9-10H2,1-3,5H3/b12-7-,15-8-/t11-,16-,17+,18-,19-,20-/m1/s1. The van der Waals surface area contributed by atoms with Crippen molar-refractivity contribution in [1.29, 1.82) is 0 Å². The second-order valence-corrected chi connectivity index (χ2v) is 7.79. The van der Waals surface area contributed by atoms with Gasteiger partial charge in [0.15, 0.2) is 0 Å². The van der Waals surface area contributed by atoms with Gasteiger partial charge in [-0.3, -0.25) is 9.59 Å². The summed E-state index contributed by atoms with van der Waals surface area (Å²) in [6.45, 7) is 9.80. The van der Waals surface area contributed by atoms with E-state index in [4.69, 9.17) is 14.2 Å². The number of carbonyl (C=O) groups is 3. The van der Waals surface area contributed by atoms with E-state index in [0.29, 0.717) is 12.0 Å². The van der Waals surface area contributed by atoms with E-state index >= 15 is 0 Å². The van der Waals surface area contributed by atoms with Gasteiger partial charge in [0, 0.05) is 18.9 Å². The molecule has 0 bridgehead atoms. The minimum Gasteiger partial charge on any atom is -0.458 e. The first-order chi connectivity index (χ1) is 14.1. The summed E-state index contributed by atoms with van der Waals surface area (Å²) in [5, 5.41) is 20.5. The highest BCUT2D eigenvalue weighted by molar-refractivity contribution is 5.91. The maximum atomic E-state index is 12.5. The summed E-state index contributed by atoms with van der Waals surface area (Å²) in [5.41, 5.74) is 0.876. The molecule has 1 saturated heterocycles. The van der Waals surface area contributed by atoms with Gasteiger partial charge in [0.1, 0.15) is 18.3 Å². The maximum Gasteiger partial charge on any atom is 0.334 e. The number of hydrogen-bond acceptors (Lipinski definition) is 8. The van der Waals surface area contributed by atoms with Gasteiger partial charge in [0.25, 0.3) is 0 Å². The molecule has 0 unspecified atom stereocenters. The van der Waals surface area contributed by atoms with Gasteiger partial charge < -0.3 is 24.4 Å². The van der Waals surface area contributed by atoms with Crippen LogP contribution in [0.15, 0.2) is 35.5 Å².